The molecule has 1 aliphatic heterocycles. The fourth-order valence-corrected chi connectivity index (χ4v) is 3.36. The summed E-state index contributed by atoms with van der Waals surface area (Å²) in [6, 6.07) is 5.26. The average Bonchev–Trinajstić information content (AvgIpc) is 2.59. The molecule has 0 unspecified atom stereocenters. The lowest BCUT2D eigenvalue weighted by Crippen LogP contribution is -2.22. The molecular formula is C21H18O7. The summed E-state index contributed by atoms with van der Waals surface area (Å²) >= 11 is 0. The minimum Gasteiger partial charge on any atom is -0.508 e. The molecule has 7 heteroatoms. The summed E-state index contributed by atoms with van der Waals surface area (Å²) in [5, 5.41) is 30.0. The van der Waals surface area contributed by atoms with E-state index in [1.165, 1.54) is 25.3 Å². The zero-order valence-electron chi connectivity index (χ0n) is 15.4. The highest BCUT2D eigenvalue weighted by Gasteiger charge is 2.33. The fraction of sp³-hybridized carbons (Fsp3) is 0.190. The number of fused-ring (bicyclic) bond motifs is 4. The number of aromatic hydroxyl groups is 3. The standard InChI is InChI=1S/C21H18O7/c1-9(2)4-16-19-20(25)18-13(24)5-10(22)6-17(18)28-21(19)11-7-15(26-3)12(23)8-14(11)27-16/h4-8,16,22-24H,1-3H3/t16-/m1/s1. The normalized spacial score (nSPS) is 14.8. The largest absolute Gasteiger partial charge is 0.508 e. The van der Waals surface area contributed by atoms with Gasteiger partial charge in [-0.15, -0.1) is 0 Å². The molecule has 3 N–H and O–H groups in total. The van der Waals surface area contributed by atoms with Gasteiger partial charge in [-0.05, 0) is 26.0 Å². The van der Waals surface area contributed by atoms with Crippen LogP contribution in [0.2, 0.25) is 0 Å². The Bertz CT molecular complexity index is 1200. The molecule has 1 atom stereocenters. The first kappa shape index (κ1) is 17.8. The van der Waals surface area contributed by atoms with Crippen LogP contribution in [-0.4, -0.2) is 22.4 Å². The summed E-state index contributed by atoms with van der Waals surface area (Å²) in [6.07, 6.45) is 0.984. The molecule has 3 aromatic rings. The molecule has 0 bridgehead atoms. The minimum absolute atomic E-state index is 0.0390. The van der Waals surface area contributed by atoms with Crippen molar-refractivity contribution in [3.63, 3.8) is 0 Å². The van der Waals surface area contributed by atoms with Crippen LogP contribution in [0.15, 0.2) is 45.1 Å². The van der Waals surface area contributed by atoms with E-state index in [2.05, 4.69) is 0 Å². The minimum atomic E-state index is -0.769. The molecule has 2 aromatic carbocycles. The zero-order chi connectivity index (χ0) is 20.2. The number of allylic oxidation sites excluding steroid dienone is 1. The summed E-state index contributed by atoms with van der Waals surface area (Å²) in [5.41, 5.74) is 1.12. The summed E-state index contributed by atoms with van der Waals surface area (Å²) in [7, 11) is 1.41. The molecule has 0 radical (unpaired) electrons. The maximum atomic E-state index is 13.2. The van der Waals surface area contributed by atoms with Crippen LogP contribution in [0.25, 0.3) is 22.3 Å². The molecule has 0 amide bonds. The highest BCUT2D eigenvalue weighted by Crippen LogP contribution is 2.48. The van der Waals surface area contributed by atoms with Gasteiger partial charge in [0.1, 0.15) is 40.1 Å². The van der Waals surface area contributed by atoms with Crippen LogP contribution >= 0.6 is 0 Å². The van der Waals surface area contributed by atoms with Gasteiger partial charge in [-0.2, -0.15) is 0 Å². The van der Waals surface area contributed by atoms with Crippen LogP contribution in [0.5, 0.6) is 28.7 Å². The zero-order valence-corrected chi connectivity index (χ0v) is 15.4. The highest BCUT2D eigenvalue weighted by molar-refractivity contribution is 5.88. The molecule has 0 saturated heterocycles. The third-order valence-corrected chi connectivity index (χ3v) is 4.54. The van der Waals surface area contributed by atoms with E-state index in [-0.39, 0.29) is 45.3 Å². The second-order valence-corrected chi connectivity index (χ2v) is 6.81. The van der Waals surface area contributed by atoms with Crippen molar-refractivity contribution < 1.29 is 29.2 Å². The number of benzene rings is 2. The Morgan fingerprint density at radius 1 is 1.11 bits per heavy atom. The summed E-state index contributed by atoms with van der Waals surface area (Å²) in [5.74, 6) is 0.0142. The summed E-state index contributed by atoms with van der Waals surface area (Å²) in [4.78, 5) is 13.2. The van der Waals surface area contributed by atoms with E-state index in [9.17, 15) is 20.1 Å². The Morgan fingerprint density at radius 3 is 2.54 bits per heavy atom. The van der Waals surface area contributed by atoms with E-state index in [1.807, 2.05) is 13.8 Å². The van der Waals surface area contributed by atoms with Crippen molar-refractivity contribution in [2.75, 3.05) is 7.11 Å². The number of hydrogen-bond donors (Lipinski definition) is 3. The van der Waals surface area contributed by atoms with E-state index in [1.54, 1.807) is 6.08 Å². The number of ether oxygens (including phenoxy) is 2. The van der Waals surface area contributed by atoms with Gasteiger partial charge in [0.15, 0.2) is 11.5 Å². The van der Waals surface area contributed by atoms with Gasteiger partial charge in [-0.3, -0.25) is 4.79 Å². The van der Waals surface area contributed by atoms with E-state index in [0.717, 1.165) is 11.6 Å². The summed E-state index contributed by atoms with van der Waals surface area (Å²) < 4.78 is 17.1. The van der Waals surface area contributed by atoms with Crippen LogP contribution in [0.1, 0.15) is 25.5 Å². The SMILES string of the molecule is COc1cc2c(cc1O)O[C@H](C=C(C)C)c1c-2oc2cc(O)cc(O)c2c1=O. The van der Waals surface area contributed by atoms with Crippen molar-refractivity contribution in [1.29, 1.82) is 0 Å². The van der Waals surface area contributed by atoms with Gasteiger partial charge in [-0.1, -0.05) is 5.57 Å². The molecule has 0 saturated carbocycles. The molecule has 0 fully saturated rings. The predicted octanol–water partition coefficient (Wildman–Crippen LogP) is 3.99. The maximum absolute atomic E-state index is 13.2. The Balaban J connectivity index is 2.14. The second-order valence-electron chi connectivity index (χ2n) is 6.81. The van der Waals surface area contributed by atoms with E-state index in [4.69, 9.17) is 13.9 Å². The lowest BCUT2D eigenvalue weighted by Gasteiger charge is -2.26. The first-order valence-corrected chi connectivity index (χ1v) is 8.56. The van der Waals surface area contributed by atoms with Crippen molar-refractivity contribution in [2.24, 2.45) is 0 Å². The van der Waals surface area contributed by atoms with Gasteiger partial charge in [0.25, 0.3) is 0 Å². The number of phenolic OH excluding ortho intramolecular Hbond substituents is 3. The molecule has 28 heavy (non-hydrogen) atoms. The Kier molecular flexibility index (Phi) is 3.96. The van der Waals surface area contributed by atoms with Gasteiger partial charge in [0.05, 0.1) is 18.2 Å². The first-order chi connectivity index (χ1) is 13.3. The van der Waals surface area contributed by atoms with E-state index < -0.39 is 11.5 Å². The van der Waals surface area contributed by atoms with Gasteiger partial charge in [0, 0.05) is 18.2 Å². The Labute approximate surface area is 159 Å². The lowest BCUT2D eigenvalue weighted by atomic mass is 9.95. The molecule has 4 rings (SSSR count). The van der Waals surface area contributed by atoms with Crippen molar-refractivity contribution >= 4 is 11.0 Å². The van der Waals surface area contributed by atoms with Crippen LogP contribution < -0.4 is 14.9 Å². The number of rotatable bonds is 2. The average molecular weight is 382 g/mol. The van der Waals surface area contributed by atoms with Crippen molar-refractivity contribution in [3.8, 4) is 40.1 Å². The second kappa shape index (κ2) is 6.23. The molecule has 0 aliphatic carbocycles. The van der Waals surface area contributed by atoms with E-state index in [0.29, 0.717) is 11.3 Å². The number of phenols is 3. The van der Waals surface area contributed by atoms with Crippen LogP contribution in [0.3, 0.4) is 0 Å². The van der Waals surface area contributed by atoms with Crippen LogP contribution in [0.4, 0.5) is 0 Å². The van der Waals surface area contributed by atoms with Gasteiger partial charge in [0.2, 0.25) is 5.43 Å². The topological polar surface area (TPSA) is 109 Å². The maximum Gasteiger partial charge on any atom is 0.204 e. The molecule has 2 heterocycles. The number of hydrogen-bond acceptors (Lipinski definition) is 7. The Morgan fingerprint density at radius 2 is 1.86 bits per heavy atom. The van der Waals surface area contributed by atoms with Gasteiger partial charge < -0.3 is 29.2 Å². The molecule has 1 aliphatic rings. The third-order valence-electron chi connectivity index (χ3n) is 4.54. The van der Waals surface area contributed by atoms with Crippen LogP contribution in [-0.2, 0) is 0 Å². The molecule has 1 aromatic heterocycles. The Hall–Kier alpha value is -3.61. The fourth-order valence-electron chi connectivity index (χ4n) is 3.36. The smallest absolute Gasteiger partial charge is 0.204 e. The molecule has 0 spiro atoms. The molecular weight excluding hydrogens is 364 g/mol. The molecule has 7 nitrogen and oxygen atoms in total. The van der Waals surface area contributed by atoms with Crippen LogP contribution in [0, 0.1) is 0 Å². The third kappa shape index (κ3) is 2.63. The van der Waals surface area contributed by atoms with Crippen molar-refractivity contribution in [2.45, 2.75) is 20.0 Å². The summed E-state index contributed by atoms with van der Waals surface area (Å²) in [6.45, 7) is 3.73. The highest BCUT2D eigenvalue weighted by atomic mass is 16.5. The van der Waals surface area contributed by atoms with Crippen molar-refractivity contribution in [3.05, 3.63) is 51.7 Å². The quantitative estimate of drug-likeness (QED) is 0.575. The van der Waals surface area contributed by atoms with E-state index >= 15 is 0 Å². The van der Waals surface area contributed by atoms with Crippen molar-refractivity contribution in [1.82, 2.24) is 0 Å². The van der Waals surface area contributed by atoms with Gasteiger partial charge in [-0.25, -0.2) is 0 Å². The lowest BCUT2D eigenvalue weighted by molar-refractivity contribution is 0.243. The molecule has 144 valence electrons. The predicted molar refractivity (Wildman–Crippen MR) is 102 cm³/mol. The first-order valence-electron chi connectivity index (χ1n) is 8.56. The monoisotopic (exact) mass is 382 g/mol. The number of methoxy groups -OCH3 is 1. The van der Waals surface area contributed by atoms with Gasteiger partial charge >= 0.3 is 0 Å².